The van der Waals surface area contributed by atoms with E-state index < -0.39 is 0 Å². The topological polar surface area (TPSA) is 42.4 Å². The van der Waals surface area contributed by atoms with Crippen LogP contribution in [0.3, 0.4) is 0 Å². The number of carbonyl (C=O) groups is 1. The van der Waals surface area contributed by atoms with Gasteiger partial charge in [0.05, 0.1) is 12.3 Å². The van der Waals surface area contributed by atoms with Crippen LogP contribution < -0.4 is 4.90 Å². The number of esters is 1. The largest absolute Gasteiger partial charge is 0.465 e. The summed E-state index contributed by atoms with van der Waals surface area (Å²) in [5.74, 6) is 2.08. The molecule has 1 aliphatic carbocycles. The lowest BCUT2D eigenvalue weighted by atomic mass is 10.1. The van der Waals surface area contributed by atoms with Gasteiger partial charge in [-0.15, -0.1) is 11.3 Å². The molecule has 2 heterocycles. The molecule has 20 heavy (non-hydrogen) atoms. The number of thiazole rings is 1. The molecule has 6 heteroatoms. The molecule has 1 aromatic rings. The lowest BCUT2D eigenvalue weighted by molar-refractivity contribution is -0.145. The van der Waals surface area contributed by atoms with Crippen molar-refractivity contribution >= 4 is 34.2 Å². The van der Waals surface area contributed by atoms with Crippen LogP contribution >= 0.6 is 23.1 Å². The Morgan fingerprint density at radius 1 is 1.55 bits per heavy atom. The van der Waals surface area contributed by atoms with Crippen LogP contribution in [0.4, 0.5) is 5.13 Å². The summed E-state index contributed by atoms with van der Waals surface area (Å²) in [4.78, 5) is 20.4. The van der Waals surface area contributed by atoms with Crippen molar-refractivity contribution in [1.29, 1.82) is 0 Å². The molecule has 0 N–H and O–H groups in total. The summed E-state index contributed by atoms with van der Waals surface area (Å²) in [5.41, 5.74) is 0.980. The molecule has 4 nitrogen and oxygen atoms in total. The molecule has 2 aliphatic rings. The van der Waals surface area contributed by atoms with Gasteiger partial charge in [0, 0.05) is 29.0 Å². The van der Waals surface area contributed by atoms with E-state index in [-0.39, 0.29) is 11.9 Å². The van der Waals surface area contributed by atoms with E-state index in [2.05, 4.69) is 11.8 Å². The molecule has 0 saturated carbocycles. The Hall–Kier alpha value is -0.750. The first-order chi connectivity index (χ1) is 9.70. The fraction of sp³-hybridized carbons (Fsp3) is 0.714. The van der Waals surface area contributed by atoms with E-state index in [1.807, 2.05) is 18.7 Å². The number of fused-ring (bicyclic) bond motifs is 1. The van der Waals surface area contributed by atoms with Gasteiger partial charge in [0.2, 0.25) is 0 Å². The molecule has 1 saturated heterocycles. The van der Waals surface area contributed by atoms with Crippen molar-refractivity contribution in [3.8, 4) is 0 Å². The Balaban J connectivity index is 1.80. The standard InChI is InChI=1S/C14H20N2O2S2/c1-3-18-13(17)10-4-5-11-12(10)15-14(20-11)16-6-7-19-8-9(16)2/h9-10H,3-8H2,1-2H3. The van der Waals surface area contributed by atoms with Gasteiger partial charge in [-0.2, -0.15) is 11.8 Å². The van der Waals surface area contributed by atoms with Crippen molar-refractivity contribution in [1.82, 2.24) is 4.98 Å². The highest BCUT2D eigenvalue weighted by Crippen LogP contribution is 2.41. The van der Waals surface area contributed by atoms with Gasteiger partial charge >= 0.3 is 5.97 Å². The van der Waals surface area contributed by atoms with Crippen LogP contribution in [0.1, 0.15) is 36.8 Å². The van der Waals surface area contributed by atoms with Gasteiger partial charge in [-0.1, -0.05) is 0 Å². The van der Waals surface area contributed by atoms with Crippen molar-refractivity contribution in [3.63, 3.8) is 0 Å². The number of ether oxygens (including phenoxy) is 1. The first-order valence-corrected chi connectivity index (χ1v) is 9.18. The number of rotatable bonds is 3. The second-order valence-electron chi connectivity index (χ2n) is 5.27. The van der Waals surface area contributed by atoms with E-state index in [0.29, 0.717) is 12.6 Å². The summed E-state index contributed by atoms with van der Waals surface area (Å²) >= 11 is 3.77. The zero-order valence-electron chi connectivity index (χ0n) is 11.9. The van der Waals surface area contributed by atoms with Crippen LogP contribution in [0.5, 0.6) is 0 Å². The Kier molecular flexibility index (Phi) is 4.21. The number of thioether (sulfide) groups is 1. The molecule has 1 aromatic heterocycles. The molecule has 1 aliphatic heterocycles. The van der Waals surface area contributed by atoms with Gasteiger partial charge in [0.15, 0.2) is 5.13 Å². The molecule has 0 spiro atoms. The monoisotopic (exact) mass is 312 g/mol. The number of carbonyl (C=O) groups excluding carboxylic acids is 1. The number of hydrogen-bond donors (Lipinski definition) is 0. The summed E-state index contributed by atoms with van der Waals surface area (Å²) in [6.07, 6.45) is 1.83. The predicted octanol–water partition coefficient (Wildman–Crippen LogP) is 2.68. The first kappa shape index (κ1) is 14.2. The van der Waals surface area contributed by atoms with E-state index in [1.165, 1.54) is 4.88 Å². The lowest BCUT2D eigenvalue weighted by Gasteiger charge is -2.32. The van der Waals surface area contributed by atoms with Crippen molar-refractivity contribution in [2.24, 2.45) is 0 Å². The highest BCUT2D eigenvalue weighted by molar-refractivity contribution is 7.99. The molecule has 110 valence electrons. The van der Waals surface area contributed by atoms with Gasteiger partial charge < -0.3 is 9.64 Å². The van der Waals surface area contributed by atoms with Gasteiger partial charge in [0.1, 0.15) is 5.92 Å². The van der Waals surface area contributed by atoms with E-state index in [0.717, 1.165) is 41.7 Å². The predicted molar refractivity (Wildman–Crippen MR) is 83.9 cm³/mol. The van der Waals surface area contributed by atoms with Crippen molar-refractivity contribution in [2.45, 2.75) is 38.6 Å². The van der Waals surface area contributed by atoms with Crippen molar-refractivity contribution in [3.05, 3.63) is 10.6 Å². The smallest absolute Gasteiger partial charge is 0.315 e. The molecular formula is C14H20N2O2S2. The number of aryl methyl sites for hydroxylation is 1. The minimum Gasteiger partial charge on any atom is -0.465 e. The third-order valence-electron chi connectivity index (χ3n) is 3.89. The quantitative estimate of drug-likeness (QED) is 0.803. The summed E-state index contributed by atoms with van der Waals surface area (Å²) in [6.45, 7) is 5.61. The van der Waals surface area contributed by atoms with Crippen LogP contribution in [0.15, 0.2) is 0 Å². The Morgan fingerprint density at radius 2 is 2.40 bits per heavy atom. The van der Waals surface area contributed by atoms with Crippen LogP contribution in [-0.2, 0) is 16.0 Å². The maximum atomic E-state index is 12.0. The third kappa shape index (κ3) is 2.55. The number of anilines is 1. The first-order valence-electron chi connectivity index (χ1n) is 7.21. The van der Waals surface area contributed by atoms with Gasteiger partial charge in [-0.3, -0.25) is 4.79 Å². The fourth-order valence-electron chi connectivity index (χ4n) is 2.82. The third-order valence-corrected chi connectivity index (χ3v) is 6.25. The van der Waals surface area contributed by atoms with Crippen LogP contribution in [0, 0.1) is 0 Å². The Morgan fingerprint density at radius 3 is 3.15 bits per heavy atom. The van der Waals surface area contributed by atoms with E-state index in [9.17, 15) is 4.79 Å². The lowest BCUT2D eigenvalue weighted by Crippen LogP contribution is -2.40. The van der Waals surface area contributed by atoms with Crippen LogP contribution in [0.25, 0.3) is 0 Å². The van der Waals surface area contributed by atoms with Crippen LogP contribution in [-0.4, -0.2) is 41.7 Å². The second kappa shape index (κ2) is 5.93. The number of nitrogens with zero attached hydrogens (tertiary/aromatic N) is 2. The second-order valence-corrected chi connectivity index (χ2v) is 7.48. The maximum Gasteiger partial charge on any atom is 0.315 e. The molecule has 0 radical (unpaired) electrons. The average molecular weight is 312 g/mol. The molecule has 1 fully saturated rings. The minimum absolute atomic E-state index is 0.106. The summed E-state index contributed by atoms with van der Waals surface area (Å²) in [7, 11) is 0. The summed E-state index contributed by atoms with van der Waals surface area (Å²) in [6, 6.07) is 0.529. The Labute approximate surface area is 127 Å². The van der Waals surface area contributed by atoms with Gasteiger partial charge in [0.25, 0.3) is 0 Å². The average Bonchev–Trinajstić information content (AvgIpc) is 2.99. The number of hydrogen-bond acceptors (Lipinski definition) is 6. The fourth-order valence-corrected chi connectivity index (χ4v) is 5.10. The maximum absolute atomic E-state index is 12.0. The minimum atomic E-state index is -0.135. The zero-order valence-corrected chi connectivity index (χ0v) is 13.6. The number of aromatic nitrogens is 1. The highest BCUT2D eigenvalue weighted by atomic mass is 32.2. The molecular weight excluding hydrogens is 292 g/mol. The van der Waals surface area contributed by atoms with Crippen LogP contribution in [0.2, 0.25) is 0 Å². The van der Waals surface area contributed by atoms with Gasteiger partial charge in [-0.05, 0) is 26.7 Å². The molecule has 0 bridgehead atoms. The molecule has 0 aromatic carbocycles. The van der Waals surface area contributed by atoms with Crippen molar-refractivity contribution in [2.75, 3.05) is 29.6 Å². The molecule has 3 rings (SSSR count). The van der Waals surface area contributed by atoms with E-state index in [4.69, 9.17) is 9.72 Å². The molecule has 2 atom stereocenters. The van der Waals surface area contributed by atoms with Crippen molar-refractivity contribution < 1.29 is 9.53 Å². The van der Waals surface area contributed by atoms with E-state index in [1.54, 1.807) is 11.3 Å². The van der Waals surface area contributed by atoms with E-state index >= 15 is 0 Å². The highest BCUT2D eigenvalue weighted by Gasteiger charge is 2.35. The Bertz CT molecular complexity index is 503. The molecule has 0 amide bonds. The zero-order chi connectivity index (χ0) is 14.1. The summed E-state index contributed by atoms with van der Waals surface area (Å²) < 4.78 is 5.17. The molecule has 2 unspecified atom stereocenters. The summed E-state index contributed by atoms with van der Waals surface area (Å²) in [5, 5.41) is 1.09. The SMILES string of the molecule is CCOC(=O)C1CCc2sc(N3CCSCC3C)nc21. The van der Waals surface area contributed by atoms with Gasteiger partial charge in [-0.25, -0.2) is 4.98 Å². The normalized spacial score (nSPS) is 25.6.